The average molecular weight is 462 g/mol. The van der Waals surface area contributed by atoms with Gasteiger partial charge in [-0.15, -0.1) is 0 Å². The maximum absolute atomic E-state index is 10.4. The van der Waals surface area contributed by atoms with Crippen LogP contribution in [0.2, 0.25) is 0 Å². The minimum Gasteiger partial charge on any atom is -0.507 e. The molecule has 0 amide bonds. The molecule has 3 heteroatoms. The van der Waals surface area contributed by atoms with Crippen LogP contribution in [0.1, 0.15) is 0 Å². The molecule has 0 radical (unpaired) electrons. The van der Waals surface area contributed by atoms with Gasteiger partial charge in [-0.3, -0.25) is 0 Å². The molecule has 2 nitrogen and oxygen atoms in total. The van der Waals surface area contributed by atoms with Gasteiger partial charge in [0, 0.05) is 31.6 Å². The summed E-state index contributed by atoms with van der Waals surface area (Å²) in [5, 5.41) is 17.9. The summed E-state index contributed by atoms with van der Waals surface area (Å²) < 4.78 is 3.36. The monoisotopic (exact) mass is 461 g/mol. The second-order valence-corrected chi connectivity index (χ2v) is 9.06. The molecular weight excluding hydrogens is 446 g/mol. The van der Waals surface area contributed by atoms with Crippen LogP contribution in [0.4, 0.5) is 0 Å². The third-order valence-corrected chi connectivity index (χ3v) is 6.94. The molecule has 0 aliphatic rings. The van der Waals surface area contributed by atoms with Crippen LogP contribution in [0.25, 0.3) is 60.0 Å². The molecule has 1 N–H and O–H groups in total. The first-order chi connectivity index (χ1) is 15.2. The zero-order valence-corrected chi connectivity index (χ0v) is 18.0. The first-order valence-corrected chi connectivity index (χ1v) is 11.1. The largest absolute Gasteiger partial charge is 0.507 e. The maximum Gasteiger partial charge on any atom is 0.123 e. The SMILES string of the molecule is Oc1ccc(Br)cc1-c1ccc2cc3c(cc2c1)c1cccc2c4ccccc4n3c21. The summed E-state index contributed by atoms with van der Waals surface area (Å²) in [6, 6.07) is 31.8. The van der Waals surface area contributed by atoms with Crippen molar-refractivity contribution in [2.45, 2.75) is 0 Å². The van der Waals surface area contributed by atoms with Crippen molar-refractivity contribution >= 4 is 64.8 Å². The number of aromatic hydroxyl groups is 1. The van der Waals surface area contributed by atoms with E-state index in [1.807, 2.05) is 12.1 Å². The van der Waals surface area contributed by atoms with E-state index in [-0.39, 0.29) is 5.75 Å². The van der Waals surface area contributed by atoms with E-state index >= 15 is 0 Å². The molecule has 31 heavy (non-hydrogen) atoms. The van der Waals surface area contributed by atoms with Crippen LogP contribution >= 0.6 is 15.9 Å². The number of nitrogens with zero attached hydrogens (tertiary/aromatic N) is 1. The zero-order valence-electron chi connectivity index (χ0n) is 16.4. The smallest absolute Gasteiger partial charge is 0.123 e. The second kappa shape index (κ2) is 5.99. The van der Waals surface area contributed by atoms with E-state index in [0.29, 0.717) is 0 Å². The molecule has 0 atom stereocenters. The van der Waals surface area contributed by atoms with Gasteiger partial charge in [-0.2, -0.15) is 0 Å². The van der Waals surface area contributed by atoms with Crippen molar-refractivity contribution in [2.75, 3.05) is 0 Å². The van der Waals surface area contributed by atoms with Crippen molar-refractivity contribution in [1.29, 1.82) is 0 Å². The summed E-state index contributed by atoms with van der Waals surface area (Å²) in [5.74, 6) is 0.288. The Labute approximate surface area is 186 Å². The van der Waals surface area contributed by atoms with Crippen LogP contribution in [0.3, 0.4) is 0 Å². The van der Waals surface area contributed by atoms with Crippen molar-refractivity contribution in [3.05, 3.63) is 95.5 Å². The first kappa shape index (κ1) is 17.2. The average Bonchev–Trinajstić information content (AvgIpc) is 3.30. The van der Waals surface area contributed by atoms with Crippen LogP contribution in [-0.2, 0) is 0 Å². The van der Waals surface area contributed by atoms with Gasteiger partial charge in [-0.1, -0.05) is 64.5 Å². The fraction of sp³-hybridized carbons (Fsp3) is 0. The molecule has 0 saturated heterocycles. The van der Waals surface area contributed by atoms with Gasteiger partial charge in [0.05, 0.1) is 16.6 Å². The van der Waals surface area contributed by atoms with Crippen molar-refractivity contribution < 1.29 is 5.11 Å². The number of para-hydroxylation sites is 2. The fourth-order valence-corrected chi connectivity index (χ4v) is 5.44. The van der Waals surface area contributed by atoms with E-state index < -0.39 is 0 Å². The van der Waals surface area contributed by atoms with Gasteiger partial charge < -0.3 is 9.51 Å². The van der Waals surface area contributed by atoms with Crippen LogP contribution in [0.15, 0.2) is 95.5 Å². The molecule has 0 unspecified atom stereocenters. The Morgan fingerprint density at radius 2 is 1.42 bits per heavy atom. The molecule has 0 aliphatic carbocycles. The Morgan fingerprint density at radius 1 is 0.613 bits per heavy atom. The van der Waals surface area contributed by atoms with Gasteiger partial charge in [-0.25, -0.2) is 0 Å². The van der Waals surface area contributed by atoms with Crippen LogP contribution in [-0.4, -0.2) is 9.51 Å². The maximum atomic E-state index is 10.4. The van der Waals surface area contributed by atoms with Crippen LogP contribution in [0.5, 0.6) is 5.75 Å². The minimum absolute atomic E-state index is 0.288. The summed E-state index contributed by atoms with van der Waals surface area (Å²) in [6.45, 7) is 0. The van der Waals surface area contributed by atoms with Gasteiger partial charge in [0.15, 0.2) is 0 Å². The lowest BCUT2D eigenvalue weighted by molar-refractivity contribution is 0.477. The molecule has 2 heterocycles. The lowest BCUT2D eigenvalue weighted by Gasteiger charge is -2.08. The third kappa shape index (κ3) is 2.27. The van der Waals surface area contributed by atoms with E-state index in [1.54, 1.807) is 6.07 Å². The zero-order chi connectivity index (χ0) is 20.7. The molecule has 0 fully saturated rings. The molecule has 5 aromatic carbocycles. The Kier molecular flexibility index (Phi) is 3.32. The van der Waals surface area contributed by atoms with Crippen molar-refractivity contribution in [2.24, 2.45) is 0 Å². The number of benzene rings is 5. The van der Waals surface area contributed by atoms with Crippen molar-refractivity contribution in [3.63, 3.8) is 0 Å². The van der Waals surface area contributed by atoms with E-state index in [9.17, 15) is 5.11 Å². The van der Waals surface area contributed by atoms with E-state index in [1.165, 1.54) is 48.9 Å². The molecule has 2 aromatic heterocycles. The Balaban J connectivity index is 1.60. The van der Waals surface area contributed by atoms with Gasteiger partial charge in [0.25, 0.3) is 0 Å². The van der Waals surface area contributed by atoms with Gasteiger partial charge in [0.2, 0.25) is 0 Å². The number of fused-ring (bicyclic) bond motifs is 7. The summed E-state index contributed by atoms with van der Waals surface area (Å²) >= 11 is 3.52. The van der Waals surface area contributed by atoms with Crippen LogP contribution < -0.4 is 0 Å². The Morgan fingerprint density at radius 3 is 2.32 bits per heavy atom. The van der Waals surface area contributed by atoms with Gasteiger partial charge in [0.1, 0.15) is 5.75 Å². The molecule has 7 rings (SSSR count). The number of aromatic nitrogens is 1. The second-order valence-electron chi connectivity index (χ2n) is 8.15. The van der Waals surface area contributed by atoms with Crippen LogP contribution in [0, 0.1) is 0 Å². The molecular formula is C28H16BrNO. The number of hydrogen-bond donors (Lipinski definition) is 1. The van der Waals surface area contributed by atoms with E-state index in [0.717, 1.165) is 15.6 Å². The highest BCUT2D eigenvalue weighted by Crippen LogP contribution is 2.41. The van der Waals surface area contributed by atoms with Crippen molar-refractivity contribution in [1.82, 2.24) is 4.40 Å². The number of rotatable bonds is 1. The molecule has 0 aliphatic heterocycles. The summed E-state index contributed by atoms with van der Waals surface area (Å²) in [5.41, 5.74) is 5.61. The highest BCUT2D eigenvalue weighted by atomic mass is 79.9. The molecule has 7 aromatic rings. The lowest BCUT2D eigenvalue weighted by atomic mass is 9.99. The normalized spacial score (nSPS) is 12.2. The fourth-order valence-electron chi connectivity index (χ4n) is 5.08. The topological polar surface area (TPSA) is 24.6 Å². The van der Waals surface area contributed by atoms with E-state index in [2.05, 4.69) is 93.1 Å². The minimum atomic E-state index is 0.288. The number of hydrogen-bond acceptors (Lipinski definition) is 1. The first-order valence-electron chi connectivity index (χ1n) is 10.3. The summed E-state index contributed by atoms with van der Waals surface area (Å²) in [4.78, 5) is 0. The number of phenolic OH excluding ortho intramolecular Hbond substituents is 1. The molecule has 0 spiro atoms. The molecule has 0 saturated carbocycles. The Bertz CT molecular complexity index is 1810. The standard InChI is InChI=1S/C28H16BrNO/c29-19-10-11-27(31)23(15-19)17-9-8-16-14-26-24(13-18(16)12-17)22-6-3-5-21-20-4-1-2-7-25(20)30(26)28(21)22/h1-15,31H. The van der Waals surface area contributed by atoms with E-state index in [4.69, 9.17) is 0 Å². The quantitative estimate of drug-likeness (QED) is 0.262. The lowest BCUT2D eigenvalue weighted by Crippen LogP contribution is -1.83. The Hall–Kier alpha value is -3.56. The van der Waals surface area contributed by atoms with Gasteiger partial charge in [-0.05, 0) is 58.8 Å². The molecule has 0 bridgehead atoms. The summed E-state index contributed by atoms with van der Waals surface area (Å²) in [6.07, 6.45) is 0. The summed E-state index contributed by atoms with van der Waals surface area (Å²) in [7, 11) is 0. The highest BCUT2D eigenvalue weighted by molar-refractivity contribution is 9.10. The molecule has 146 valence electrons. The number of phenols is 1. The predicted molar refractivity (Wildman–Crippen MR) is 133 cm³/mol. The van der Waals surface area contributed by atoms with Crippen molar-refractivity contribution in [3.8, 4) is 16.9 Å². The third-order valence-electron chi connectivity index (χ3n) is 6.45. The highest BCUT2D eigenvalue weighted by Gasteiger charge is 2.17. The van der Waals surface area contributed by atoms with Gasteiger partial charge >= 0.3 is 0 Å². The predicted octanol–water partition coefficient (Wildman–Crippen LogP) is 8.13. The number of halogens is 1.